The minimum Gasteiger partial charge on any atom is -0.465 e. The van der Waals surface area contributed by atoms with E-state index in [9.17, 15) is 18.0 Å². The third-order valence-electron chi connectivity index (χ3n) is 3.89. The molecular weight excluding hydrogens is 295 g/mol. The molecule has 1 saturated heterocycles. The number of aromatic nitrogens is 1. The second-order valence-electron chi connectivity index (χ2n) is 5.26. The molecule has 2 N–H and O–H groups in total. The van der Waals surface area contributed by atoms with Crippen LogP contribution in [0, 0.1) is 5.41 Å². The summed E-state index contributed by atoms with van der Waals surface area (Å²) in [4.78, 5) is 16.1. The SMILES string of the molecule is O=C(O)N[C@H]1CN(c2nc(C(F)(F)F)cs2)CC12CC2. The molecule has 0 radical (unpaired) electrons. The zero-order valence-electron chi connectivity index (χ0n) is 10.3. The van der Waals surface area contributed by atoms with Gasteiger partial charge in [0.05, 0.1) is 6.04 Å². The fraction of sp³-hybridized carbons (Fsp3) is 0.636. The molecule has 0 unspecified atom stereocenters. The molecule has 1 atom stereocenters. The molecule has 1 saturated carbocycles. The first kappa shape index (κ1) is 13.5. The van der Waals surface area contributed by atoms with Gasteiger partial charge in [-0.1, -0.05) is 0 Å². The highest BCUT2D eigenvalue weighted by atomic mass is 32.1. The van der Waals surface area contributed by atoms with Gasteiger partial charge in [-0.3, -0.25) is 0 Å². The van der Waals surface area contributed by atoms with Crippen molar-refractivity contribution in [2.45, 2.75) is 25.1 Å². The zero-order valence-corrected chi connectivity index (χ0v) is 11.1. The maximum atomic E-state index is 12.5. The minimum absolute atomic E-state index is 0.123. The van der Waals surface area contributed by atoms with E-state index in [1.165, 1.54) is 0 Å². The van der Waals surface area contributed by atoms with Gasteiger partial charge < -0.3 is 15.3 Å². The number of anilines is 1. The van der Waals surface area contributed by atoms with Crippen molar-refractivity contribution in [1.29, 1.82) is 0 Å². The number of carboxylic acid groups (broad SMARTS) is 1. The largest absolute Gasteiger partial charge is 0.465 e. The lowest BCUT2D eigenvalue weighted by Crippen LogP contribution is -2.40. The van der Waals surface area contributed by atoms with Gasteiger partial charge in [0.15, 0.2) is 10.8 Å². The van der Waals surface area contributed by atoms with Crippen LogP contribution in [-0.2, 0) is 6.18 Å². The number of nitrogens with one attached hydrogen (secondary N) is 1. The molecule has 5 nitrogen and oxygen atoms in total. The lowest BCUT2D eigenvalue weighted by molar-refractivity contribution is -0.140. The van der Waals surface area contributed by atoms with Crippen molar-refractivity contribution < 1.29 is 23.1 Å². The van der Waals surface area contributed by atoms with Crippen molar-refractivity contribution >= 4 is 22.6 Å². The molecule has 2 aliphatic rings. The van der Waals surface area contributed by atoms with E-state index in [1.807, 2.05) is 0 Å². The first-order valence-corrected chi connectivity index (χ1v) is 6.95. The van der Waals surface area contributed by atoms with Crippen LogP contribution in [0.25, 0.3) is 0 Å². The van der Waals surface area contributed by atoms with Gasteiger partial charge in [-0.25, -0.2) is 9.78 Å². The number of thiazole rings is 1. The van der Waals surface area contributed by atoms with Gasteiger partial charge in [-0.05, 0) is 12.8 Å². The third-order valence-corrected chi connectivity index (χ3v) is 4.79. The number of alkyl halides is 3. The van der Waals surface area contributed by atoms with E-state index < -0.39 is 18.0 Å². The maximum absolute atomic E-state index is 12.5. The molecule has 110 valence electrons. The van der Waals surface area contributed by atoms with Crippen LogP contribution in [0.5, 0.6) is 0 Å². The summed E-state index contributed by atoms with van der Waals surface area (Å²) in [6.45, 7) is 0.930. The molecule has 1 aromatic rings. The average molecular weight is 307 g/mol. The Hall–Kier alpha value is -1.51. The summed E-state index contributed by atoms with van der Waals surface area (Å²) in [6.07, 6.45) is -3.75. The number of hydrogen-bond acceptors (Lipinski definition) is 4. The van der Waals surface area contributed by atoms with Gasteiger partial charge in [0.25, 0.3) is 0 Å². The molecule has 1 aliphatic heterocycles. The van der Waals surface area contributed by atoms with Crippen molar-refractivity contribution in [3.63, 3.8) is 0 Å². The summed E-state index contributed by atoms with van der Waals surface area (Å²) >= 11 is 0.943. The monoisotopic (exact) mass is 307 g/mol. The smallest absolute Gasteiger partial charge is 0.434 e. The van der Waals surface area contributed by atoms with E-state index >= 15 is 0 Å². The molecule has 9 heteroatoms. The summed E-state index contributed by atoms with van der Waals surface area (Å²) in [7, 11) is 0. The van der Waals surface area contributed by atoms with E-state index in [0.29, 0.717) is 18.2 Å². The molecule has 1 amide bonds. The Morgan fingerprint density at radius 3 is 2.75 bits per heavy atom. The highest BCUT2D eigenvalue weighted by Gasteiger charge is 2.56. The number of halogens is 3. The van der Waals surface area contributed by atoms with Crippen LogP contribution < -0.4 is 10.2 Å². The Balaban J connectivity index is 1.76. The summed E-state index contributed by atoms with van der Waals surface area (Å²) in [5, 5.41) is 12.6. The summed E-state index contributed by atoms with van der Waals surface area (Å²) in [5.41, 5.74) is -1.01. The molecular formula is C11H12F3N3O2S. The van der Waals surface area contributed by atoms with E-state index in [2.05, 4.69) is 10.3 Å². The summed E-state index contributed by atoms with van der Waals surface area (Å²) in [6, 6.07) is -0.238. The number of nitrogens with zero attached hydrogens (tertiary/aromatic N) is 2. The van der Waals surface area contributed by atoms with Crippen LogP contribution in [0.2, 0.25) is 0 Å². The van der Waals surface area contributed by atoms with Crippen molar-refractivity contribution in [3.05, 3.63) is 11.1 Å². The molecule has 0 bridgehead atoms. The Morgan fingerprint density at radius 1 is 1.55 bits per heavy atom. The van der Waals surface area contributed by atoms with Crippen LogP contribution >= 0.6 is 11.3 Å². The molecule has 1 spiro atoms. The first-order valence-electron chi connectivity index (χ1n) is 6.07. The zero-order chi connectivity index (χ0) is 14.5. The van der Waals surface area contributed by atoms with Crippen LogP contribution in [0.1, 0.15) is 18.5 Å². The van der Waals surface area contributed by atoms with E-state index in [1.54, 1.807) is 4.90 Å². The second kappa shape index (κ2) is 4.24. The maximum Gasteiger partial charge on any atom is 0.434 e. The highest BCUT2D eigenvalue weighted by Crippen LogP contribution is 2.53. The standard InChI is InChI=1S/C11H12F3N3O2S/c12-11(13,14)7-4-20-8(15-7)17-3-6(16-9(18)19)10(5-17)1-2-10/h4,6,16H,1-3,5H2,(H,18,19)/t6-/m0/s1. The van der Waals surface area contributed by atoms with Gasteiger partial charge in [0.2, 0.25) is 0 Å². The van der Waals surface area contributed by atoms with Crippen molar-refractivity contribution in [2.24, 2.45) is 5.41 Å². The van der Waals surface area contributed by atoms with Gasteiger partial charge in [0.1, 0.15) is 0 Å². The van der Waals surface area contributed by atoms with Gasteiger partial charge in [0, 0.05) is 23.9 Å². The Kier molecular flexibility index (Phi) is 2.86. The van der Waals surface area contributed by atoms with Crippen LogP contribution in [0.3, 0.4) is 0 Å². The average Bonchev–Trinajstić information content (AvgIpc) is 2.80. The number of carbonyl (C=O) groups is 1. The molecule has 1 aromatic heterocycles. The van der Waals surface area contributed by atoms with E-state index in [0.717, 1.165) is 29.6 Å². The van der Waals surface area contributed by atoms with Crippen molar-refractivity contribution in [2.75, 3.05) is 18.0 Å². The Labute approximate surface area is 116 Å². The number of hydrogen-bond donors (Lipinski definition) is 2. The predicted molar refractivity (Wildman–Crippen MR) is 65.9 cm³/mol. The van der Waals surface area contributed by atoms with Crippen molar-refractivity contribution in [3.8, 4) is 0 Å². The molecule has 20 heavy (non-hydrogen) atoms. The van der Waals surface area contributed by atoms with E-state index in [4.69, 9.17) is 5.11 Å². The molecule has 2 heterocycles. The number of rotatable bonds is 2. The predicted octanol–water partition coefficient (Wildman–Crippen LogP) is 2.40. The number of amides is 1. The second-order valence-corrected chi connectivity index (χ2v) is 6.09. The Bertz CT molecular complexity index is 541. The Morgan fingerprint density at radius 2 is 2.25 bits per heavy atom. The summed E-state index contributed by atoms with van der Waals surface area (Å²) < 4.78 is 37.6. The normalized spacial score (nSPS) is 24.1. The lowest BCUT2D eigenvalue weighted by Gasteiger charge is -2.15. The molecule has 0 aromatic carbocycles. The van der Waals surface area contributed by atoms with Crippen LogP contribution in [0.15, 0.2) is 5.38 Å². The molecule has 1 aliphatic carbocycles. The lowest BCUT2D eigenvalue weighted by atomic mass is 10.0. The molecule has 2 fully saturated rings. The minimum atomic E-state index is -4.44. The summed E-state index contributed by atoms with van der Waals surface area (Å²) in [5.74, 6) is 0. The van der Waals surface area contributed by atoms with Gasteiger partial charge in [-0.2, -0.15) is 13.2 Å². The van der Waals surface area contributed by atoms with Gasteiger partial charge in [-0.15, -0.1) is 11.3 Å². The topological polar surface area (TPSA) is 65.5 Å². The first-order chi connectivity index (χ1) is 9.30. The molecule has 3 rings (SSSR count). The van der Waals surface area contributed by atoms with Crippen LogP contribution in [-0.4, -0.2) is 35.3 Å². The third kappa shape index (κ3) is 2.30. The van der Waals surface area contributed by atoms with E-state index in [-0.39, 0.29) is 11.5 Å². The fourth-order valence-electron chi connectivity index (χ4n) is 2.67. The fourth-order valence-corrected chi connectivity index (χ4v) is 3.51. The highest BCUT2D eigenvalue weighted by molar-refractivity contribution is 7.13. The van der Waals surface area contributed by atoms with Crippen LogP contribution in [0.4, 0.5) is 23.1 Å². The quantitative estimate of drug-likeness (QED) is 0.880. The van der Waals surface area contributed by atoms with Crippen molar-refractivity contribution in [1.82, 2.24) is 10.3 Å². The van der Waals surface area contributed by atoms with Gasteiger partial charge >= 0.3 is 12.3 Å².